The van der Waals surface area contributed by atoms with Gasteiger partial charge in [-0.25, -0.2) is 0 Å². The molecule has 0 spiro atoms. The molecule has 0 aromatic rings. The van der Waals surface area contributed by atoms with Crippen molar-refractivity contribution in [3.63, 3.8) is 0 Å². The van der Waals surface area contributed by atoms with Crippen LogP contribution in [0.5, 0.6) is 0 Å². The zero-order valence-corrected chi connectivity index (χ0v) is 12.3. The highest BCUT2D eigenvalue weighted by Crippen LogP contribution is 2.10. The summed E-state index contributed by atoms with van der Waals surface area (Å²) in [6.45, 7) is 10.9. The highest BCUT2D eigenvalue weighted by molar-refractivity contribution is 6.76. The van der Waals surface area contributed by atoms with Gasteiger partial charge in [-0.15, -0.1) is 0 Å². The molecule has 0 radical (unpaired) electrons. The molecule has 0 fully saturated rings. The normalized spacial score (nSPS) is 14.6. The van der Waals surface area contributed by atoms with Crippen LogP contribution in [0.3, 0.4) is 0 Å². The Morgan fingerprint density at radius 2 is 1.86 bits per heavy atom. The van der Waals surface area contributed by atoms with Crippen LogP contribution in [0, 0.1) is 0 Å². The zero-order valence-electron chi connectivity index (χ0n) is 10.2. The van der Waals surface area contributed by atoms with Crippen molar-refractivity contribution in [2.24, 2.45) is 0 Å². The minimum atomic E-state index is -1.42. The number of rotatable bonds is 7. The molecule has 4 heteroatoms. The molecule has 0 bridgehead atoms. The average molecular weight is 232 g/mol. The molecule has 0 amide bonds. The topological polar surface area (TPSA) is 18.5 Å². The summed E-state index contributed by atoms with van der Waals surface area (Å²) < 4.78 is 11.7. The van der Waals surface area contributed by atoms with Crippen LogP contribution in [-0.4, -0.2) is 17.6 Å². The monoisotopic (exact) mass is 232 g/mol. The van der Waals surface area contributed by atoms with Crippen molar-refractivity contribution in [3.8, 4) is 0 Å². The van der Waals surface area contributed by atoms with Gasteiger partial charge >= 0.3 is 9.28 Å². The first-order valence-corrected chi connectivity index (χ1v) is 10.6. The lowest BCUT2D eigenvalue weighted by atomic mass is 10.5. The Morgan fingerprint density at radius 3 is 2.29 bits per heavy atom. The summed E-state index contributed by atoms with van der Waals surface area (Å²) in [5.41, 5.74) is 0. The van der Waals surface area contributed by atoms with Gasteiger partial charge in [-0.1, -0.05) is 26.3 Å². The standard InChI is InChI=1S/C10H24O2Si2/c1-6-8-9-11-13(10-7-2)12-14(3,4)5/h8-9,13H,6-7,10H2,1-5H3/b9-8-. The number of hydrogen-bond donors (Lipinski definition) is 0. The van der Waals surface area contributed by atoms with E-state index < -0.39 is 17.6 Å². The van der Waals surface area contributed by atoms with Crippen molar-refractivity contribution in [2.45, 2.75) is 52.4 Å². The fraction of sp³-hybridized carbons (Fsp3) is 0.800. The van der Waals surface area contributed by atoms with E-state index in [4.69, 9.17) is 8.54 Å². The molecular formula is C10H24O2Si2. The van der Waals surface area contributed by atoms with Crippen LogP contribution in [0.25, 0.3) is 0 Å². The van der Waals surface area contributed by atoms with E-state index in [0.717, 1.165) is 18.9 Å². The first-order chi connectivity index (χ1) is 6.49. The predicted molar refractivity (Wildman–Crippen MR) is 67.2 cm³/mol. The van der Waals surface area contributed by atoms with Gasteiger partial charge in [0, 0.05) is 0 Å². The van der Waals surface area contributed by atoms with E-state index >= 15 is 0 Å². The quantitative estimate of drug-likeness (QED) is 0.495. The second-order valence-corrected chi connectivity index (χ2v) is 11.2. The van der Waals surface area contributed by atoms with Gasteiger partial charge in [-0.05, 0) is 32.1 Å². The van der Waals surface area contributed by atoms with Crippen LogP contribution >= 0.6 is 0 Å². The predicted octanol–water partition coefficient (Wildman–Crippen LogP) is 3.41. The van der Waals surface area contributed by atoms with Gasteiger partial charge in [0.05, 0.1) is 6.26 Å². The summed E-state index contributed by atoms with van der Waals surface area (Å²) in [4.78, 5) is 0. The van der Waals surface area contributed by atoms with E-state index in [1.165, 1.54) is 0 Å². The summed E-state index contributed by atoms with van der Waals surface area (Å²) in [7, 11) is -2.83. The third-order valence-electron chi connectivity index (χ3n) is 1.57. The maximum absolute atomic E-state index is 6.03. The molecule has 0 aliphatic rings. The highest BCUT2D eigenvalue weighted by atomic mass is 28.4. The molecule has 0 saturated heterocycles. The number of hydrogen-bond acceptors (Lipinski definition) is 2. The average Bonchev–Trinajstić information content (AvgIpc) is 2.02. The van der Waals surface area contributed by atoms with Crippen LogP contribution in [0.1, 0.15) is 26.7 Å². The Morgan fingerprint density at radius 1 is 1.21 bits per heavy atom. The van der Waals surface area contributed by atoms with Gasteiger partial charge in [-0.3, -0.25) is 0 Å². The lowest BCUT2D eigenvalue weighted by molar-refractivity contribution is 0.372. The van der Waals surface area contributed by atoms with E-state index in [0.29, 0.717) is 0 Å². The van der Waals surface area contributed by atoms with Gasteiger partial charge in [0.1, 0.15) is 0 Å². The Kier molecular flexibility index (Phi) is 7.22. The molecule has 2 nitrogen and oxygen atoms in total. The first-order valence-electron chi connectivity index (χ1n) is 5.48. The maximum Gasteiger partial charge on any atom is 0.371 e. The summed E-state index contributed by atoms with van der Waals surface area (Å²) in [5, 5.41) is 0. The fourth-order valence-electron chi connectivity index (χ4n) is 1.02. The summed E-state index contributed by atoms with van der Waals surface area (Å²) in [5.74, 6) is 0. The van der Waals surface area contributed by atoms with Gasteiger partial charge in [-0.2, -0.15) is 0 Å². The SMILES string of the molecule is CC/C=C\O[SiH](CCC)O[Si](C)(C)C. The molecule has 14 heavy (non-hydrogen) atoms. The van der Waals surface area contributed by atoms with E-state index in [-0.39, 0.29) is 0 Å². The molecule has 0 aromatic carbocycles. The molecule has 1 atom stereocenters. The van der Waals surface area contributed by atoms with Crippen LogP contribution in [0.4, 0.5) is 0 Å². The lowest BCUT2D eigenvalue weighted by Gasteiger charge is -2.24. The molecule has 0 aliphatic heterocycles. The van der Waals surface area contributed by atoms with Gasteiger partial charge in [0.2, 0.25) is 0 Å². The summed E-state index contributed by atoms with van der Waals surface area (Å²) in [6, 6.07) is 1.11. The summed E-state index contributed by atoms with van der Waals surface area (Å²) >= 11 is 0. The maximum atomic E-state index is 6.03. The number of allylic oxidation sites excluding steroid dienone is 1. The minimum absolute atomic E-state index is 1.03. The third-order valence-corrected chi connectivity index (χ3v) is 6.96. The van der Waals surface area contributed by atoms with Crippen LogP contribution in [0.2, 0.25) is 25.7 Å². The van der Waals surface area contributed by atoms with Gasteiger partial charge < -0.3 is 8.54 Å². The van der Waals surface area contributed by atoms with Crippen molar-refractivity contribution in [2.75, 3.05) is 0 Å². The Balaban J connectivity index is 3.95. The fourth-order valence-corrected chi connectivity index (χ4v) is 5.77. The van der Waals surface area contributed by atoms with Crippen LogP contribution in [0.15, 0.2) is 12.3 Å². The van der Waals surface area contributed by atoms with Crippen molar-refractivity contribution in [1.29, 1.82) is 0 Å². The Bertz CT molecular complexity index is 164. The van der Waals surface area contributed by atoms with E-state index in [2.05, 4.69) is 33.5 Å². The molecule has 1 unspecified atom stereocenters. The first kappa shape index (κ1) is 13.9. The smallest absolute Gasteiger partial charge is 0.371 e. The zero-order chi connectivity index (χ0) is 11.0. The molecule has 0 heterocycles. The molecule has 0 N–H and O–H groups in total. The van der Waals surface area contributed by atoms with Gasteiger partial charge in [0.15, 0.2) is 8.32 Å². The van der Waals surface area contributed by atoms with Crippen LogP contribution < -0.4 is 0 Å². The Hall–Kier alpha value is -0.0662. The minimum Gasteiger partial charge on any atom is -0.529 e. The summed E-state index contributed by atoms with van der Waals surface area (Å²) in [6.07, 6.45) is 6.05. The van der Waals surface area contributed by atoms with E-state index in [9.17, 15) is 0 Å². The van der Waals surface area contributed by atoms with Crippen molar-refractivity contribution in [1.82, 2.24) is 0 Å². The third kappa shape index (κ3) is 8.53. The largest absolute Gasteiger partial charge is 0.529 e. The van der Waals surface area contributed by atoms with Crippen molar-refractivity contribution >= 4 is 17.6 Å². The second kappa shape index (κ2) is 7.26. The van der Waals surface area contributed by atoms with Crippen molar-refractivity contribution < 1.29 is 8.54 Å². The molecular weight excluding hydrogens is 208 g/mol. The van der Waals surface area contributed by atoms with Crippen molar-refractivity contribution in [3.05, 3.63) is 12.3 Å². The van der Waals surface area contributed by atoms with E-state index in [1.54, 1.807) is 0 Å². The lowest BCUT2D eigenvalue weighted by Crippen LogP contribution is -2.35. The molecule has 0 rings (SSSR count). The van der Waals surface area contributed by atoms with E-state index in [1.807, 2.05) is 12.3 Å². The van der Waals surface area contributed by atoms with Crippen LogP contribution in [-0.2, 0) is 8.54 Å². The molecule has 0 aromatic heterocycles. The highest BCUT2D eigenvalue weighted by Gasteiger charge is 2.22. The Labute approximate surface area is 91.3 Å². The van der Waals surface area contributed by atoms with Gasteiger partial charge in [0.25, 0.3) is 0 Å². The second-order valence-electron chi connectivity index (χ2n) is 4.36. The molecule has 84 valence electrons. The molecule has 0 aliphatic carbocycles. The molecule has 0 saturated carbocycles.